The Kier molecular flexibility index (Phi) is 3.37. The number of nitrogens with two attached hydrogens (primary N) is 2. The number of para-hydroxylation sites is 2. The van der Waals surface area contributed by atoms with Crippen LogP contribution in [-0.4, -0.2) is 24.3 Å². The number of amides is 3. The van der Waals surface area contributed by atoms with E-state index in [0.717, 1.165) is 0 Å². The van der Waals surface area contributed by atoms with Crippen LogP contribution < -0.4 is 21.5 Å². The van der Waals surface area contributed by atoms with Gasteiger partial charge < -0.3 is 21.5 Å². The topological polar surface area (TPSA) is 125 Å². The van der Waals surface area contributed by atoms with Crippen LogP contribution in [0, 0.1) is 11.8 Å². The van der Waals surface area contributed by atoms with Crippen LogP contribution in [0.3, 0.4) is 0 Å². The number of anilines is 1. The van der Waals surface area contributed by atoms with Gasteiger partial charge in [-0.15, -0.1) is 0 Å². The molecular weight excluding hydrogens is 250 g/mol. The molecule has 1 aromatic carbocycles. The molecule has 1 heterocycles. The van der Waals surface area contributed by atoms with Gasteiger partial charge in [0.15, 0.2) is 0 Å². The second-order valence-electron chi connectivity index (χ2n) is 4.19. The number of carbonyl (C=O) groups excluding carboxylic acids is 3. The molecule has 7 nitrogen and oxygen atoms in total. The van der Waals surface area contributed by atoms with Crippen molar-refractivity contribution in [2.24, 2.45) is 23.3 Å². The van der Waals surface area contributed by atoms with Gasteiger partial charge in [-0.25, -0.2) is 0 Å². The van der Waals surface area contributed by atoms with Crippen LogP contribution in [0.2, 0.25) is 0 Å². The molecule has 1 unspecified atom stereocenters. The first-order valence-electron chi connectivity index (χ1n) is 5.62. The minimum absolute atomic E-state index is 0.139. The van der Waals surface area contributed by atoms with E-state index in [0.29, 0.717) is 11.4 Å². The molecule has 2 rings (SSSR count). The van der Waals surface area contributed by atoms with Crippen molar-refractivity contribution in [1.29, 1.82) is 0 Å². The number of nitrogens with one attached hydrogen (secondary N) is 1. The Morgan fingerprint density at radius 3 is 2.53 bits per heavy atom. The van der Waals surface area contributed by atoms with Gasteiger partial charge in [-0.2, -0.15) is 0 Å². The molecule has 1 atom stereocenters. The van der Waals surface area contributed by atoms with Gasteiger partial charge in [0.05, 0.1) is 11.6 Å². The van der Waals surface area contributed by atoms with E-state index in [1.807, 2.05) is 0 Å². The Labute approximate surface area is 108 Å². The van der Waals surface area contributed by atoms with Crippen LogP contribution in [0.25, 0.3) is 0 Å². The van der Waals surface area contributed by atoms with E-state index in [1.165, 1.54) is 0 Å². The predicted octanol–water partition coefficient (Wildman–Crippen LogP) is -0.780. The molecule has 3 amide bonds. The van der Waals surface area contributed by atoms with E-state index in [4.69, 9.17) is 16.2 Å². The fourth-order valence-electron chi connectivity index (χ4n) is 1.96. The molecule has 5 N–H and O–H groups in total. The monoisotopic (exact) mass is 263 g/mol. The molecule has 0 fully saturated rings. The highest BCUT2D eigenvalue weighted by Crippen LogP contribution is 2.29. The molecule has 0 aromatic heterocycles. The molecule has 1 aromatic rings. The van der Waals surface area contributed by atoms with Gasteiger partial charge >= 0.3 is 0 Å². The van der Waals surface area contributed by atoms with E-state index >= 15 is 0 Å². The lowest BCUT2D eigenvalue weighted by Gasteiger charge is -2.18. The Balaban J connectivity index is 2.29. The first-order valence-corrected chi connectivity index (χ1v) is 5.62. The lowest BCUT2D eigenvalue weighted by atomic mass is 9.91. The third kappa shape index (κ3) is 2.49. The number of carbonyl (C=O) groups is 3. The highest BCUT2D eigenvalue weighted by Gasteiger charge is 2.39. The largest absolute Gasteiger partial charge is 0.491 e. The molecule has 0 saturated heterocycles. The zero-order valence-corrected chi connectivity index (χ0v) is 9.96. The third-order valence-corrected chi connectivity index (χ3v) is 2.92. The summed E-state index contributed by atoms with van der Waals surface area (Å²) in [4.78, 5) is 34.5. The van der Waals surface area contributed by atoms with E-state index in [2.05, 4.69) is 5.32 Å². The molecule has 0 spiro atoms. The number of primary amides is 2. The van der Waals surface area contributed by atoms with Gasteiger partial charge in [0.1, 0.15) is 18.3 Å². The summed E-state index contributed by atoms with van der Waals surface area (Å²) >= 11 is 0. The summed E-state index contributed by atoms with van der Waals surface area (Å²) in [5.41, 5.74) is 10.7. The molecule has 1 aliphatic heterocycles. The number of rotatable bonds is 3. The SMILES string of the molecule is NC(=O)C(C(N)=O)C1COc2ccccc2NC1=O. The van der Waals surface area contributed by atoms with Gasteiger partial charge in [0.2, 0.25) is 17.7 Å². The normalized spacial score (nSPS) is 17.9. The van der Waals surface area contributed by atoms with Gasteiger partial charge in [-0.3, -0.25) is 14.4 Å². The fraction of sp³-hybridized carbons (Fsp3) is 0.250. The maximum atomic E-state index is 12.0. The van der Waals surface area contributed by atoms with Gasteiger partial charge in [-0.05, 0) is 12.1 Å². The van der Waals surface area contributed by atoms with Crippen LogP contribution in [0.15, 0.2) is 24.3 Å². The summed E-state index contributed by atoms with van der Waals surface area (Å²) in [6, 6.07) is 6.79. The van der Waals surface area contributed by atoms with Crippen molar-refractivity contribution < 1.29 is 19.1 Å². The smallest absolute Gasteiger partial charge is 0.232 e. The Hall–Kier alpha value is -2.57. The van der Waals surface area contributed by atoms with E-state index in [9.17, 15) is 14.4 Å². The summed E-state index contributed by atoms with van der Waals surface area (Å²) < 4.78 is 5.41. The fourth-order valence-corrected chi connectivity index (χ4v) is 1.96. The van der Waals surface area contributed by atoms with E-state index in [1.54, 1.807) is 24.3 Å². The Morgan fingerprint density at radius 1 is 1.26 bits per heavy atom. The van der Waals surface area contributed by atoms with Crippen LogP contribution in [0.4, 0.5) is 5.69 Å². The second kappa shape index (κ2) is 4.97. The van der Waals surface area contributed by atoms with Crippen LogP contribution in [0.1, 0.15) is 0 Å². The molecule has 100 valence electrons. The van der Waals surface area contributed by atoms with Crippen molar-refractivity contribution in [3.05, 3.63) is 24.3 Å². The highest BCUT2D eigenvalue weighted by atomic mass is 16.5. The zero-order valence-electron chi connectivity index (χ0n) is 9.96. The third-order valence-electron chi connectivity index (χ3n) is 2.92. The van der Waals surface area contributed by atoms with Crippen LogP contribution in [0.5, 0.6) is 5.75 Å². The predicted molar refractivity (Wildman–Crippen MR) is 65.9 cm³/mol. The minimum Gasteiger partial charge on any atom is -0.491 e. The molecule has 7 heteroatoms. The van der Waals surface area contributed by atoms with Gasteiger partial charge in [-0.1, -0.05) is 12.1 Å². The summed E-state index contributed by atoms with van der Waals surface area (Å²) in [7, 11) is 0. The molecule has 0 aliphatic carbocycles. The summed E-state index contributed by atoms with van der Waals surface area (Å²) in [6.45, 7) is -0.139. The lowest BCUT2D eigenvalue weighted by Crippen LogP contribution is -2.46. The van der Waals surface area contributed by atoms with Crippen molar-refractivity contribution in [3.63, 3.8) is 0 Å². The van der Waals surface area contributed by atoms with Crippen molar-refractivity contribution in [2.45, 2.75) is 0 Å². The molecular formula is C12H13N3O4. The van der Waals surface area contributed by atoms with E-state index < -0.39 is 29.6 Å². The van der Waals surface area contributed by atoms with Crippen LogP contribution >= 0.6 is 0 Å². The number of hydrogen-bond acceptors (Lipinski definition) is 4. The van der Waals surface area contributed by atoms with Crippen LogP contribution in [-0.2, 0) is 14.4 Å². The molecule has 19 heavy (non-hydrogen) atoms. The minimum atomic E-state index is -1.39. The standard InChI is InChI=1S/C12H13N3O4/c13-10(16)9(11(14)17)6-5-19-8-4-2-1-3-7(8)15-12(6)18/h1-4,6,9H,5H2,(H2,13,16)(H2,14,17)(H,15,18). The van der Waals surface area contributed by atoms with E-state index in [-0.39, 0.29) is 6.61 Å². The Bertz CT molecular complexity index is 530. The number of benzene rings is 1. The quantitative estimate of drug-likeness (QED) is 0.618. The maximum Gasteiger partial charge on any atom is 0.232 e. The second-order valence-corrected chi connectivity index (χ2v) is 4.19. The first kappa shape index (κ1) is 12.9. The number of ether oxygens (including phenoxy) is 1. The Morgan fingerprint density at radius 2 is 1.89 bits per heavy atom. The summed E-state index contributed by atoms with van der Waals surface area (Å²) in [5, 5.41) is 2.58. The highest BCUT2D eigenvalue weighted by molar-refractivity contribution is 6.06. The van der Waals surface area contributed by atoms with Crippen molar-refractivity contribution >= 4 is 23.4 Å². The average Bonchev–Trinajstić information content (AvgIpc) is 2.49. The summed E-state index contributed by atoms with van der Waals surface area (Å²) in [5.74, 6) is -4.38. The van der Waals surface area contributed by atoms with Crippen molar-refractivity contribution in [1.82, 2.24) is 0 Å². The first-order chi connectivity index (χ1) is 9.00. The zero-order chi connectivity index (χ0) is 14.0. The lowest BCUT2D eigenvalue weighted by molar-refractivity contribution is -0.139. The van der Waals surface area contributed by atoms with Gasteiger partial charge in [0.25, 0.3) is 0 Å². The van der Waals surface area contributed by atoms with Gasteiger partial charge in [0, 0.05) is 0 Å². The number of fused-ring (bicyclic) bond motifs is 1. The molecule has 1 aliphatic rings. The van der Waals surface area contributed by atoms with Crippen molar-refractivity contribution in [3.8, 4) is 5.75 Å². The maximum absolute atomic E-state index is 12.0. The molecule has 0 radical (unpaired) electrons. The molecule has 0 bridgehead atoms. The number of hydrogen-bond donors (Lipinski definition) is 3. The average molecular weight is 263 g/mol. The summed E-state index contributed by atoms with van der Waals surface area (Å²) in [6.07, 6.45) is 0. The molecule has 0 saturated carbocycles. The van der Waals surface area contributed by atoms with Crippen molar-refractivity contribution in [2.75, 3.05) is 11.9 Å².